The van der Waals surface area contributed by atoms with Crippen LogP contribution in [0.1, 0.15) is 16.7 Å². The molecule has 1 amide bonds. The van der Waals surface area contributed by atoms with E-state index in [1.807, 2.05) is 62.4 Å². The summed E-state index contributed by atoms with van der Waals surface area (Å²) in [7, 11) is 0. The van der Waals surface area contributed by atoms with E-state index in [0.29, 0.717) is 5.69 Å². The zero-order valence-corrected chi connectivity index (χ0v) is 13.9. The first-order chi connectivity index (χ1) is 10.5. The summed E-state index contributed by atoms with van der Waals surface area (Å²) >= 11 is 3.40. The fraction of sp³-hybridized carbons (Fsp3) is 0.111. The largest absolute Gasteiger partial charge is 0.321 e. The number of benzene rings is 2. The molecule has 22 heavy (non-hydrogen) atoms. The van der Waals surface area contributed by atoms with Crippen LogP contribution in [0.5, 0.6) is 0 Å². The van der Waals surface area contributed by atoms with Gasteiger partial charge >= 0.3 is 0 Å². The predicted octanol–water partition coefficient (Wildman–Crippen LogP) is 4.61. The summed E-state index contributed by atoms with van der Waals surface area (Å²) in [6.45, 7) is 3.91. The number of nitrogens with zero attached hydrogens (tertiary/aromatic N) is 1. The first kappa shape index (κ1) is 16.0. The lowest BCUT2D eigenvalue weighted by Gasteiger charge is -2.08. The molecule has 0 aromatic heterocycles. The molecule has 0 saturated carbocycles. The molecule has 0 atom stereocenters. The van der Waals surface area contributed by atoms with E-state index in [9.17, 15) is 10.1 Å². The number of rotatable bonds is 3. The molecular formula is C18H15BrN2O. The Labute approximate surface area is 138 Å². The van der Waals surface area contributed by atoms with Crippen LogP contribution in [-0.4, -0.2) is 5.91 Å². The van der Waals surface area contributed by atoms with Gasteiger partial charge in [-0.2, -0.15) is 5.26 Å². The van der Waals surface area contributed by atoms with Crippen molar-refractivity contribution in [1.82, 2.24) is 0 Å². The number of carbonyl (C=O) groups is 1. The standard InChI is InChI=1S/C18H15BrN2O/c1-12-7-8-17(13(2)9-12)21-18(22)15(11-20)10-14-5-3-4-6-16(14)19/h3-10H,1-2H3,(H,21,22)/b15-10+. The Morgan fingerprint density at radius 3 is 2.59 bits per heavy atom. The van der Waals surface area contributed by atoms with Crippen LogP contribution in [0.15, 0.2) is 52.5 Å². The molecule has 1 N–H and O–H groups in total. The minimum Gasteiger partial charge on any atom is -0.321 e. The van der Waals surface area contributed by atoms with Gasteiger partial charge in [-0.05, 0) is 43.2 Å². The fourth-order valence-corrected chi connectivity index (χ4v) is 2.44. The van der Waals surface area contributed by atoms with Gasteiger partial charge in [0.15, 0.2) is 0 Å². The van der Waals surface area contributed by atoms with Gasteiger partial charge in [0.1, 0.15) is 11.6 Å². The topological polar surface area (TPSA) is 52.9 Å². The van der Waals surface area contributed by atoms with Gasteiger partial charge in [-0.1, -0.05) is 51.8 Å². The Hall–Kier alpha value is -2.38. The first-order valence-corrected chi connectivity index (χ1v) is 7.55. The summed E-state index contributed by atoms with van der Waals surface area (Å²) in [6.07, 6.45) is 1.57. The van der Waals surface area contributed by atoms with Gasteiger partial charge in [0.25, 0.3) is 5.91 Å². The van der Waals surface area contributed by atoms with Crippen molar-refractivity contribution in [2.45, 2.75) is 13.8 Å². The second kappa shape index (κ2) is 7.06. The van der Waals surface area contributed by atoms with Crippen LogP contribution in [0.4, 0.5) is 5.69 Å². The van der Waals surface area contributed by atoms with Crippen LogP contribution in [-0.2, 0) is 4.79 Å². The third-order valence-electron chi connectivity index (χ3n) is 3.20. The molecule has 0 radical (unpaired) electrons. The van der Waals surface area contributed by atoms with E-state index in [-0.39, 0.29) is 5.57 Å². The lowest BCUT2D eigenvalue weighted by Crippen LogP contribution is -2.14. The summed E-state index contributed by atoms with van der Waals surface area (Å²) in [4.78, 5) is 12.3. The van der Waals surface area contributed by atoms with Gasteiger partial charge in [0.2, 0.25) is 0 Å². The molecule has 110 valence electrons. The third-order valence-corrected chi connectivity index (χ3v) is 3.92. The number of hydrogen-bond donors (Lipinski definition) is 1. The average Bonchev–Trinajstić information content (AvgIpc) is 2.49. The monoisotopic (exact) mass is 354 g/mol. The smallest absolute Gasteiger partial charge is 0.266 e. The Kier molecular flexibility index (Phi) is 5.13. The molecular weight excluding hydrogens is 340 g/mol. The van der Waals surface area contributed by atoms with Gasteiger partial charge in [-0.3, -0.25) is 4.79 Å². The van der Waals surface area contributed by atoms with Crippen molar-refractivity contribution in [3.63, 3.8) is 0 Å². The SMILES string of the molecule is Cc1ccc(NC(=O)/C(C#N)=C/c2ccccc2Br)c(C)c1. The van der Waals surface area contributed by atoms with Crippen LogP contribution in [0, 0.1) is 25.2 Å². The van der Waals surface area contributed by atoms with Crippen LogP contribution in [0.2, 0.25) is 0 Å². The summed E-state index contributed by atoms with van der Waals surface area (Å²) < 4.78 is 0.835. The van der Waals surface area contributed by atoms with Crippen LogP contribution in [0.3, 0.4) is 0 Å². The fourth-order valence-electron chi connectivity index (χ4n) is 2.04. The predicted molar refractivity (Wildman–Crippen MR) is 92.3 cm³/mol. The second-order valence-corrected chi connectivity index (χ2v) is 5.82. The number of halogens is 1. The molecule has 0 spiro atoms. The van der Waals surface area contributed by atoms with Crippen molar-refractivity contribution in [3.05, 3.63) is 69.2 Å². The molecule has 0 saturated heterocycles. The van der Waals surface area contributed by atoms with Crippen molar-refractivity contribution < 1.29 is 4.79 Å². The van der Waals surface area contributed by atoms with E-state index in [1.54, 1.807) is 6.08 Å². The molecule has 0 fully saturated rings. The van der Waals surface area contributed by atoms with Crippen LogP contribution in [0.25, 0.3) is 6.08 Å². The minimum atomic E-state index is -0.412. The van der Waals surface area contributed by atoms with Gasteiger partial charge < -0.3 is 5.32 Å². The molecule has 4 heteroatoms. The Morgan fingerprint density at radius 1 is 1.23 bits per heavy atom. The molecule has 0 aliphatic carbocycles. The Bertz CT molecular complexity index is 788. The van der Waals surface area contributed by atoms with Crippen molar-refractivity contribution in [1.29, 1.82) is 5.26 Å². The summed E-state index contributed by atoms with van der Waals surface area (Å²) in [6, 6.07) is 15.1. The van der Waals surface area contributed by atoms with Crippen molar-refractivity contribution in [3.8, 4) is 6.07 Å². The molecule has 3 nitrogen and oxygen atoms in total. The zero-order valence-electron chi connectivity index (χ0n) is 12.4. The summed E-state index contributed by atoms with van der Waals surface area (Å²) in [5.74, 6) is -0.412. The minimum absolute atomic E-state index is 0.0619. The molecule has 2 aromatic carbocycles. The third kappa shape index (κ3) is 3.84. The summed E-state index contributed by atoms with van der Waals surface area (Å²) in [5, 5.41) is 12.0. The van der Waals surface area contributed by atoms with E-state index in [4.69, 9.17) is 0 Å². The molecule has 0 unspecified atom stereocenters. The highest BCUT2D eigenvalue weighted by atomic mass is 79.9. The molecule has 0 aliphatic heterocycles. The lowest BCUT2D eigenvalue weighted by molar-refractivity contribution is -0.112. The zero-order chi connectivity index (χ0) is 16.1. The lowest BCUT2D eigenvalue weighted by atomic mass is 10.1. The van der Waals surface area contributed by atoms with E-state index in [1.165, 1.54) is 0 Å². The molecule has 0 bridgehead atoms. The summed E-state index contributed by atoms with van der Waals surface area (Å²) in [5.41, 5.74) is 3.65. The molecule has 0 aliphatic rings. The number of amides is 1. The number of aryl methyl sites for hydroxylation is 2. The number of carbonyl (C=O) groups excluding carboxylic acids is 1. The quantitative estimate of drug-likeness (QED) is 0.646. The van der Waals surface area contributed by atoms with E-state index in [0.717, 1.165) is 21.2 Å². The highest BCUT2D eigenvalue weighted by Gasteiger charge is 2.11. The highest BCUT2D eigenvalue weighted by molar-refractivity contribution is 9.10. The van der Waals surface area contributed by atoms with E-state index < -0.39 is 5.91 Å². The molecule has 2 aromatic rings. The van der Waals surface area contributed by atoms with Crippen LogP contribution < -0.4 is 5.32 Å². The number of nitriles is 1. The maximum atomic E-state index is 12.3. The maximum Gasteiger partial charge on any atom is 0.266 e. The van der Waals surface area contributed by atoms with Crippen molar-refractivity contribution >= 4 is 33.6 Å². The number of anilines is 1. The maximum absolute atomic E-state index is 12.3. The van der Waals surface area contributed by atoms with Crippen molar-refractivity contribution in [2.24, 2.45) is 0 Å². The Morgan fingerprint density at radius 2 is 1.95 bits per heavy atom. The Balaban J connectivity index is 2.27. The van der Waals surface area contributed by atoms with Gasteiger partial charge in [-0.25, -0.2) is 0 Å². The van der Waals surface area contributed by atoms with Gasteiger partial charge in [0, 0.05) is 10.2 Å². The van der Waals surface area contributed by atoms with Gasteiger partial charge in [0.05, 0.1) is 0 Å². The van der Waals surface area contributed by atoms with Crippen LogP contribution >= 0.6 is 15.9 Å². The first-order valence-electron chi connectivity index (χ1n) is 6.76. The van der Waals surface area contributed by atoms with E-state index >= 15 is 0 Å². The van der Waals surface area contributed by atoms with Gasteiger partial charge in [-0.15, -0.1) is 0 Å². The van der Waals surface area contributed by atoms with E-state index in [2.05, 4.69) is 21.2 Å². The second-order valence-electron chi connectivity index (χ2n) is 4.96. The number of hydrogen-bond acceptors (Lipinski definition) is 2. The highest BCUT2D eigenvalue weighted by Crippen LogP contribution is 2.20. The molecule has 0 heterocycles. The van der Waals surface area contributed by atoms with Crippen molar-refractivity contribution in [2.75, 3.05) is 5.32 Å². The molecule has 2 rings (SSSR count). The number of nitrogens with one attached hydrogen (secondary N) is 1. The average molecular weight is 355 g/mol. The normalized spacial score (nSPS) is 10.9.